The lowest BCUT2D eigenvalue weighted by molar-refractivity contribution is 0.0192. The van der Waals surface area contributed by atoms with Gasteiger partial charge in [-0.3, -0.25) is 0 Å². The number of fused-ring (bicyclic) bond motifs is 3. The molecule has 2 saturated heterocycles. The standard InChI is InChI=1S/C20H18O6.C15H24/c1-3-15-17(25-9-23-15)5-11(1)19-13-7-22-20(14(13)8-21-19)12-2-4-16-18(6-12)26-10-24-16;1-13-7-5-8-14(2)10-12-15(3,4)11-6-9-13/h1-6,13-14,19-20H,7-10H2;6-7,10-11H,5,8-9,12H2,1-4H3. The molecule has 4 aliphatic heterocycles. The van der Waals surface area contributed by atoms with Gasteiger partial charge in [0.2, 0.25) is 13.6 Å². The molecular weight excluding hydrogens is 516 g/mol. The molecule has 218 valence electrons. The minimum Gasteiger partial charge on any atom is -0.454 e. The van der Waals surface area contributed by atoms with E-state index in [1.807, 2.05) is 24.3 Å². The van der Waals surface area contributed by atoms with Crippen molar-refractivity contribution in [3.8, 4) is 23.0 Å². The second-order valence-corrected chi connectivity index (χ2v) is 12.5. The van der Waals surface area contributed by atoms with Gasteiger partial charge in [0.25, 0.3) is 0 Å². The summed E-state index contributed by atoms with van der Waals surface area (Å²) in [7, 11) is 0. The summed E-state index contributed by atoms with van der Waals surface area (Å²) in [4.78, 5) is 0. The SMILES string of the molecule is CC1=CCCC(C)=CCC(C)(C)C=CC1.c1cc2c(cc1C1OCC3C(c4ccc5c(c4)OCO5)OCC13)OCO2. The summed E-state index contributed by atoms with van der Waals surface area (Å²) in [5.41, 5.74) is 5.58. The largest absolute Gasteiger partial charge is 0.454 e. The number of hydrogen-bond donors (Lipinski definition) is 0. The molecular formula is C35H42O6. The molecule has 0 bridgehead atoms. The van der Waals surface area contributed by atoms with Gasteiger partial charge in [-0.1, -0.05) is 61.4 Å². The first-order valence-corrected chi connectivity index (χ1v) is 14.9. The van der Waals surface area contributed by atoms with Crippen LogP contribution in [0.1, 0.15) is 76.7 Å². The van der Waals surface area contributed by atoms with Crippen LogP contribution in [0.5, 0.6) is 23.0 Å². The van der Waals surface area contributed by atoms with Crippen LogP contribution in [0, 0.1) is 17.3 Å². The Morgan fingerprint density at radius 1 is 0.683 bits per heavy atom. The maximum absolute atomic E-state index is 6.18. The van der Waals surface area contributed by atoms with E-state index in [2.05, 4.69) is 64.1 Å². The van der Waals surface area contributed by atoms with Crippen molar-refractivity contribution < 1.29 is 28.4 Å². The molecule has 0 radical (unpaired) electrons. The first-order valence-electron chi connectivity index (χ1n) is 14.9. The Kier molecular flexibility index (Phi) is 8.14. The van der Waals surface area contributed by atoms with Crippen LogP contribution in [0.2, 0.25) is 0 Å². The highest BCUT2D eigenvalue weighted by molar-refractivity contribution is 5.47. The summed E-state index contributed by atoms with van der Waals surface area (Å²) in [6, 6.07) is 12.1. The molecule has 0 N–H and O–H groups in total. The molecule has 41 heavy (non-hydrogen) atoms. The molecule has 1 aliphatic carbocycles. The van der Waals surface area contributed by atoms with E-state index in [1.165, 1.54) is 24.0 Å². The zero-order valence-corrected chi connectivity index (χ0v) is 24.7. The number of ether oxygens (including phenoxy) is 6. The van der Waals surface area contributed by atoms with E-state index in [1.54, 1.807) is 0 Å². The molecule has 0 spiro atoms. The number of allylic oxidation sites excluding steroid dienone is 6. The highest BCUT2D eigenvalue weighted by Gasteiger charge is 2.48. The zero-order valence-electron chi connectivity index (χ0n) is 24.7. The smallest absolute Gasteiger partial charge is 0.231 e. The predicted molar refractivity (Wildman–Crippen MR) is 158 cm³/mol. The monoisotopic (exact) mass is 558 g/mol. The quantitative estimate of drug-likeness (QED) is 0.346. The molecule has 0 amide bonds. The Morgan fingerprint density at radius 3 is 1.83 bits per heavy atom. The molecule has 7 rings (SSSR count). The van der Waals surface area contributed by atoms with Crippen molar-refractivity contribution in [1.29, 1.82) is 0 Å². The summed E-state index contributed by atoms with van der Waals surface area (Å²) in [6.07, 6.45) is 14.2. The average molecular weight is 559 g/mol. The minimum absolute atomic E-state index is 0.0218. The van der Waals surface area contributed by atoms with Gasteiger partial charge in [0.1, 0.15) is 0 Å². The average Bonchev–Trinajstić information content (AvgIpc) is 3.75. The van der Waals surface area contributed by atoms with Crippen LogP contribution in [0.15, 0.2) is 71.8 Å². The first-order chi connectivity index (χ1) is 19.9. The van der Waals surface area contributed by atoms with Crippen molar-refractivity contribution in [1.82, 2.24) is 0 Å². The van der Waals surface area contributed by atoms with Crippen LogP contribution in [-0.4, -0.2) is 26.8 Å². The van der Waals surface area contributed by atoms with E-state index in [9.17, 15) is 0 Å². The van der Waals surface area contributed by atoms with Crippen molar-refractivity contribution in [3.05, 3.63) is 83.0 Å². The van der Waals surface area contributed by atoms with Gasteiger partial charge in [0.05, 0.1) is 25.4 Å². The Hall–Kier alpha value is -3.22. The third-order valence-electron chi connectivity index (χ3n) is 8.73. The Labute approximate surface area is 243 Å². The van der Waals surface area contributed by atoms with Gasteiger partial charge in [-0.05, 0) is 80.3 Å². The van der Waals surface area contributed by atoms with Crippen LogP contribution in [0.25, 0.3) is 0 Å². The third-order valence-corrected chi connectivity index (χ3v) is 8.73. The van der Waals surface area contributed by atoms with E-state index < -0.39 is 0 Å². The number of benzene rings is 2. The number of hydrogen-bond acceptors (Lipinski definition) is 6. The molecule has 6 nitrogen and oxygen atoms in total. The van der Waals surface area contributed by atoms with E-state index in [0.717, 1.165) is 47.0 Å². The summed E-state index contributed by atoms with van der Waals surface area (Å²) >= 11 is 0. The molecule has 0 saturated carbocycles. The predicted octanol–water partition coefficient (Wildman–Crippen LogP) is 8.25. The van der Waals surface area contributed by atoms with Gasteiger partial charge in [-0.15, -0.1) is 0 Å². The van der Waals surface area contributed by atoms with Crippen LogP contribution in [0.4, 0.5) is 0 Å². The highest BCUT2D eigenvalue weighted by atomic mass is 16.7. The molecule has 4 unspecified atom stereocenters. The van der Waals surface area contributed by atoms with E-state index in [0.29, 0.717) is 30.5 Å². The Bertz CT molecular complexity index is 1270. The Balaban J connectivity index is 0.000000174. The highest BCUT2D eigenvalue weighted by Crippen LogP contribution is 2.52. The summed E-state index contributed by atoms with van der Waals surface area (Å²) < 4.78 is 34.2. The fourth-order valence-corrected chi connectivity index (χ4v) is 6.22. The molecule has 5 aliphatic rings. The molecule has 6 heteroatoms. The van der Waals surface area contributed by atoms with Gasteiger partial charge < -0.3 is 28.4 Å². The fraction of sp³-hybridized carbons (Fsp3) is 0.486. The fourth-order valence-electron chi connectivity index (χ4n) is 6.22. The minimum atomic E-state index is 0.0218. The van der Waals surface area contributed by atoms with E-state index >= 15 is 0 Å². The normalized spacial score (nSPS) is 27.7. The lowest BCUT2D eigenvalue weighted by atomic mass is 9.85. The lowest BCUT2D eigenvalue weighted by Gasteiger charge is -2.18. The molecule has 4 heterocycles. The molecule has 0 aromatic heterocycles. The van der Waals surface area contributed by atoms with Crippen LogP contribution in [-0.2, 0) is 9.47 Å². The van der Waals surface area contributed by atoms with Gasteiger partial charge in [0, 0.05) is 11.8 Å². The third kappa shape index (κ3) is 6.34. The summed E-state index contributed by atoms with van der Waals surface area (Å²) in [6.45, 7) is 11.0. The van der Waals surface area contributed by atoms with Crippen LogP contribution >= 0.6 is 0 Å². The van der Waals surface area contributed by atoms with Crippen molar-refractivity contribution in [2.45, 2.75) is 65.6 Å². The van der Waals surface area contributed by atoms with E-state index in [4.69, 9.17) is 28.4 Å². The van der Waals surface area contributed by atoms with Crippen molar-refractivity contribution in [2.24, 2.45) is 17.3 Å². The zero-order chi connectivity index (χ0) is 28.4. The van der Waals surface area contributed by atoms with Gasteiger partial charge in [0.15, 0.2) is 23.0 Å². The first kappa shape index (κ1) is 27.9. The van der Waals surface area contributed by atoms with Crippen LogP contribution < -0.4 is 18.9 Å². The molecule has 2 aromatic carbocycles. The van der Waals surface area contributed by atoms with Gasteiger partial charge in [-0.2, -0.15) is 0 Å². The topological polar surface area (TPSA) is 55.4 Å². The van der Waals surface area contributed by atoms with Crippen molar-refractivity contribution >= 4 is 0 Å². The van der Waals surface area contributed by atoms with E-state index in [-0.39, 0.29) is 25.8 Å². The van der Waals surface area contributed by atoms with Crippen LogP contribution in [0.3, 0.4) is 0 Å². The maximum atomic E-state index is 6.18. The van der Waals surface area contributed by atoms with Crippen molar-refractivity contribution in [3.63, 3.8) is 0 Å². The summed E-state index contributed by atoms with van der Waals surface area (Å²) in [5, 5.41) is 0. The Morgan fingerprint density at radius 2 is 1.24 bits per heavy atom. The molecule has 2 aromatic rings. The molecule has 4 atom stereocenters. The number of rotatable bonds is 2. The second kappa shape index (κ2) is 11.9. The maximum Gasteiger partial charge on any atom is 0.231 e. The van der Waals surface area contributed by atoms with Gasteiger partial charge >= 0.3 is 0 Å². The summed E-state index contributed by atoms with van der Waals surface area (Å²) in [5.74, 6) is 3.83. The van der Waals surface area contributed by atoms with Crippen molar-refractivity contribution in [2.75, 3.05) is 26.8 Å². The molecule has 2 fully saturated rings. The van der Waals surface area contributed by atoms with Gasteiger partial charge in [-0.25, -0.2) is 0 Å². The lowest BCUT2D eigenvalue weighted by Crippen LogP contribution is -2.14. The second-order valence-electron chi connectivity index (χ2n) is 12.5.